The van der Waals surface area contributed by atoms with Crippen LogP contribution in [0.4, 0.5) is 0 Å². The van der Waals surface area contributed by atoms with Crippen molar-refractivity contribution in [2.24, 2.45) is 5.73 Å². The molecule has 2 rings (SSSR count). The lowest BCUT2D eigenvalue weighted by atomic mass is 10.1. The highest BCUT2D eigenvalue weighted by atomic mass is 32.1. The molecule has 2 aromatic rings. The quantitative estimate of drug-likeness (QED) is 0.898. The van der Waals surface area contributed by atoms with E-state index in [9.17, 15) is 0 Å². The summed E-state index contributed by atoms with van der Waals surface area (Å²) in [7, 11) is 1.73. The molecular formula is C14H18N2OS. The predicted molar refractivity (Wildman–Crippen MR) is 75.5 cm³/mol. The molecule has 0 saturated heterocycles. The maximum Gasteiger partial charge on any atom is 0.122 e. The van der Waals surface area contributed by atoms with Crippen molar-refractivity contribution in [3.63, 3.8) is 0 Å². The van der Waals surface area contributed by atoms with Gasteiger partial charge in [-0.2, -0.15) is 0 Å². The van der Waals surface area contributed by atoms with Gasteiger partial charge in [-0.3, -0.25) is 0 Å². The molecule has 1 heterocycles. The Morgan fingerprint density at radius 2 is 2.28 bits per heavy atom. The maximum atomic E-state index is 5.66. The van der Waals surface area contributed by atoms with E-state index < -0.39 is 0 Å². The van der Waals surface area contributed by atoms with Gasteiger partial charge in [0.2, 0.25) is 0 Å². The first-order valence-electron chi connectivity index (χ1n) is 6.06. The number of benzene rings is 1. The molecule has 1 atom stereocenters. The fourth-order valence-electron chi connectivity index (χ4n) is 1.87. The second-order valence-electron chi connectivity index (χ2n) is 4.11. The topological polar surface area (TPSA) is 48.1 Å². The number of rotatable bonds is 5. The number of nitrogens with zero attached hydrogens (tertiary/aromatic N) is 1. The van der Waals surface area contributed by atoms with Gasteiger partial charge in [0.25, 0.3) is 0 Å². The number of methoxy groups -OCH3 is 1. The van der Waals surface area contributed by atoms with E-state index in [0.717, 1.165) is 28.2 Å². The summed E-state index contributed by atoms with van der Waals surface area (Å²) in [4.78, 5) is 4.65. The summed E-state index contributed by atoms with van der Waals surface area (Å²) in [6.45, 7) is 2.66. The molecule has 1 aromatic carbocycles. The third-order valence-corrected chi connectivity index (χ3v) is 3.85. The molecule has 0 amide bonds. The Morgan fingerprint density at radius 3 is 2.94 bits per heavy atom. The van der Waals surface area contributed by atoms with Crippen LogP contribution in [0.5, 0.6) is 0 Å². The van der Waals surface area contributed by atoms with Crippen molar-refractivity contribution >= 4 is 11.3 Å². The summed E-state index contributed by atoms with van der Waals surface area (Å²) in [6.07, 6.45) is 1.04. The van der Waals surface area contributed by atoms with Gasteiger partial charge >= 0.3 is 0 Å². The SMILES string of the molecule is CCC(OC)c1nc(-c2cccc(CN)c2)cs1. The normalized spacial score (nSPS) is 12.6. The molecule has 0 radical (unpaired) electrons. The third kappa shape index (κ3) is 2.77. The average molecular weight is 262 g/mol. The van der Waals surface area contributed by atoms with Gasteiger partial charge in [-0.05, 0) is 18.1 Å². The van der Waals surface area contributed by atoms with E-state index in [1.165, 1.54) is 0 Å². The molecule has 2 N–H and O–H groups in total. The number of hydrogen-bond donors (Lipinski definition) is 1. The zero-order valence-corrected chi connectivity index (χ0v) is 11.5. The van der Waals surface area contributed by atoms with Gasteiger partial charge in [-0.25, -0.2) is 4.98 Å². The Labute approximate surface area is 112 Å². The van der Waals surface area contributed by atoms with Crippen LogP contribution in [0.25, 0.3) is 11.3 Å². The molecular weight excluding hydrogens is 244 g/mol. The zero-order chi connectivity index (χ0) is 13.0. The fraction of sp³-hybridized carbons (Fsp3) is 0.357. The van der Waals surface area contributed by atoms with Crippen LogP contribution in [-0.4, -0.2) is 12.1 Å². The summed E-state index contributed by atoms with van der Waals surface area (Å²) >= 11 is 1.65. The molecule has 4 heteroatoms. The monoisotopic (exact) mass is 262 g/mol. The number of hydrogen-bond acceptors (Lipinski definition) is 4. The van der Waals surface area contributed by atoms with Gasteiger partial charge in [-0.1, -0.05) is 25.1 Å². The van der Waals surface area contributed by atoms with Crippen molar-refractivity contribution in [3.05, 3.63) is 40.2 Å². The van der Waals surface area contributed by atoms with Crippen LogP contribution in [0.15, 0.2) is 29.6 Å². The standard InChI is InChI=1S/C14H18N2OS/c1-3-13(17-2)14-16-12(9-18-14)11-6-4-5-10(7-11)8-15/h4-7,9,13H,3,8,15H2,1-2H3. The first kappa shape index (κ1) is 13.2. The van der Waals surface area contributed by atoms with Crippen LogP contribution in [0.3, 0.4) is 0 Å². The summed E-state index contributed by atoms with van der Waals surface area (Å²) in [6, 6.07) is 8.20. The molecule has 0 bridgehead atoms. The molecule has 18 heavy (non-hydrogen) atoms. The lowest BCUT2D eigenvalue weighted by Gasteiger charge is -2.08. The largest absolute Gasteiger partial charge is 0.374 e. The van der Waals surface area contributed by atoms with Crippen molar-refractivity contribution in [2.75, 3.05) is 7.11 Å². The van der Waals surface area contributed by atoms with E-state index in [1.54, 1.807) is 18.4 Å². The first-order valence-corrected chi connectivity index (χ1v) is 6.94. The van der Waals surface area contributed by atoms with Gasteiger partial charge < -0.3 is 10.5 Å². The van der Waals surface area contributed by atoms with Crippen molar-refractivity contribution in [1.82, 2.24) is 4.98 Å². The Balaban J connectivity index is 2.28. The van der Waals surface area contributed by atoms with E-state index in [2.05, 4.69) is 29.4 Å². The van der Waals surface area contributed by atoms with Crippen LogP contribution >= 0.6 is 11.3 Å². The Kier molecular flexibility index (Phi) is 4.47. The highest BCUT2D eigenvalue weighted by Gasteiger charge is 2.13. The Morgan fingerprint density at radius 1 is 1.44 bits per heavy atom. The molecule has 0 saturated carbocycles. The molecule has 0 aliphatic rings. The Bertz CT molecular complexity index is 506. The molecule has 0 spiro atoms. The zero-order valence-electron chi connectivity index (χ0n) is 10.7. The van der Waals surface area contributed by atoms with Crippen molar-refractivity contribution in [2.45, 2.75) is 26.0 Å². The average Bonchev–Trinajstić information content (AvgIpc) is 2.90. The van der Waals surface area contributed by atoms with Crippen LogP contribution in [0, 0.1) is 0 Å². The fourth-order valence-corrected chi connectivity index (χ4v) is 2.85. The first-order chi connectivity index (χ1) is 8.78. The maximum absolute atomic E-state index is 5.66. The highest BCUT2D eigenvalue weighted by Crippen LogP contribution is 2.28. The second-order valence-corrected chi connectivity index (χ2v) is 5.00. The summed E-state index contributed by atoms with van der Waals surface area (Å²) < 4.78 is 5.41. The molecule has 0 aliphatic heterocycles. The van der Waals surface area contributed by atoms with E-state index in [-0.39, 0.29) is 6.10 Å². The third-order valence-electron chi connectivity index (χ3n) is 2.91. The summed E-state index contributed by atoms with van der Waals surface area (Å²) in [5, 5.41) is 3.11. The molecule has 3 nitrogen and oxygen atoms in total. The second kappa shape index (κ2) is 6.09. The summed E-state index contributed by atoms with van der Waals surface area (Å²) in [5.74, 6) is 0. The molecule has 0 aliphatic carbocycles. The van der Waals surface area contributed by atoms with Crippen LogP contribution < -0.4 is 5.73 Å². The molecule has 1 unspecified atom stereocenters. The van der Waals surface area contributed by atoms with Crippen molar-refractivity contribution in [1.29, 1.82) is 0 Å². The lowest BCUT2D eigenvalue weighted by Crippen LogP contribution is -1.99. The van der Waals surface area contributed by atoms with Crippen molar-refractivity contribution < 1.29 is 4.74 Å². The van der Waals surface area contributed by atoms with Gasteiger partial charge in [0.15, 0.2) is 0 Å². The van der Waals surface area contributed by atoms with E-state index >= 15 is 0 Å². The smallest absolute Gasteiger partial charge is 0.122 e. The van der Waals surface area contributed by atoms with E-state index in [4.69, 9.17) is 10.5 Å². The van der Waals surface area contributed by atoms with Crippen LogP contribution in [-0.2, 0) is 11.3 Å². The van der Waals surface area contributed by atoms with Gasteiger partial charge in [0.1, 0.15) is 11.1 Å². The minimum Gasteiger partial charge on any atom is -0.374 e. The molecule has 0 fully saturated rings. The van der Waals surface area contributed by atoms with Crippen LogP contribution in [0.2, 0.25) is 0 Å². The van der Waals surface area contributed by atoms with Crippen LogP contribution in [0.1, 0.15) is 30.0 Å². The lowest BCUT2D eigenvalue weighted by molar-refractivity contribution is 0.0998. The summed E-state index contributed by atoms with van der Waals surface area (Å²) in [5.41, 5.74) is 8.90. The minimum absolute atomic E-state index is 0.0986. The predicted octanol–water partition coefficient (Wildman–Crippen LogP) is 3.37. The van der Waals surface area contributed by atoms with Gasteiger partial charge in [-0.15, -0.1) is 11.3 Å². The van der Waals surface area contributed by atoms with E-state index in [1.807, 2.05) is 12.1 Å². The van der Waals surface area contributed by atoms with Gasteiger partial charge in [0, 0.05) is 24.6 Å². The minimum atomic E-state index is 0.0986. The molecule has 1 aromatic heterocycles. The van der Waals surface area contributed by atoms with Crippen molar-refractivity contribution in [3.8, 4) is 11.3 Å². The number of ether oxygens (including phenoxy) is 1. The number of aromatic nitrogens is 1. The number of nitrogens with two attached hydrogens (primary N) is 1. The van der Waals surface area contributed by atoms with Gasteiger partial charge in [0.05, 0.1) is 5.69 Å². The van der Waals surface area contributed by atoms with E-state index in [0.29, 0.717) is 6.54 Å². The Hall–Kier alpha value is -1.23. The highest BCUT2D eigenvalue weighted by molar-refractivity contribution is 7.10. The molecule has 96 valence electrons. The number of thiazole rings is 1.